The maximum absolute atomic E-state index is 10.8. The minimum absolute atomic E-state index is 0.392. The van der Waals surface area contributed by atoms with Crippen LogP contribution in [-0.4, -0.2) is 5.11 Å². The summed E-state index contributed by atoms with van der Waals surface area (Å²) in [7, 11) is 0. The van der Waals surface area contributed by atoms with E-state index in [1.165, 1.54) is 6.42 Å². The second kappa shape index (κ2) is 4.81. The first kappa shape index (κ1) is 12.6. The summed E-state index contributed by atoms with van der Waals surface area (Å²) in [6.45, 7) is 6.60. The molecular weight excluding hydrogens is 208 g/mol. The largest absolute Gasteiger partial charge is 0.385 e. The molecular formula is C16H24O. The van der Waals surface area contributed by atoms with Gasteiger partial charge in [-0.15, -0.1) is 0 Å². The van der Waals surface area contributed by atoms with Crippen molar-refractivity contribution in [3.63, 3.8) is 0 Å². The van der Waals surface area contributed by atoms with Crippen LogP contribution in [0.2, 0.25) is 0 Å². The van der Waals surface area contributed by atoms with Crippen molar-refractivity contribution in [3.8, 4) is 0 Å². The molecule has 1 nitrogen and oxygen atoms in total. The van der Waals surface area contributed by atoms with Gasteiger partial charge >= 0.3 is 0 Å². The number of benzene rings is 1. The number of hydrogen-bond donors (Lipinski definition) is 1. The Labute approximate surface area is 105 Å². The van der Waals surface area contributed by atoms with Crippen LogP contribution >= 0.6 is 0 Å². The lowest BCUT2D eigenvalue weighted by Gasteiger charge is -2.40. The lowest BCUT2D eigenvalue weighted by molar-refractivity contribution is -0.0386. The summed E-state index contributed by atoms with van der Waals surface area (Å²) in [6.07, 6.45) is 3.60. The molecule has 1 aromatic rings. The van der Waals surface area contributed by atoms with Crippen LogP contribution in [0.25, 0.3) is 0 Å². The molecule has 1 aromatic carbocycles. The fourth-order valence-corrected chi connectivity index (χ4v) is 3.42. The highest BCUT2D eigenvalue weighted by atomic mass is 16.3. The number of hydrogen-bond acceptors (Lipinski definition) is 1. The minimum atomic E-state index is -0.676. The molecule has 0 bridgehead atoms. The summed E-state index contributed by atoms with van der Waals surface area (Å²) in [5.41, 5.74) is 0.385. The van der Waals surface area contributed by atoms with E-state index in [1.807, 2.05) is 37.3 Å². The van der Waals surface area contributed by atoms with Crippen molar-refractivity contribution in [1.29, 1.82) is 0 Å². The van der Waals surface area contributed by atoms with Gasteiger partial charge < -0.3 is 5.11 Å². The Bertz CT molecular complexity index is 345. The van der Waals surface area contributed by atoms with E-state index < -0.39 is 5.60 Å². The normalized spacial score (nSPS) is 33.1. The summed E-state index contributed by atoms with van der Waals surface area (Å²) in [5, 5.41) is 10.8. The summed E-state index contributed by atoms with van der Waals surface area (Å²) in [5.74, 6) is 1.86. The summed E-state index contributed by atoms with van der Waals surface area (Å²) in [4.78, 5) is 0. The van der Waals surface area contributed by atoms with Crippen LogP contribution in [-0.2, 0) is 5.60 Å². The second-order valence-corrected chi connectivity index (χ2v) is 6.13. The molecule has 1 fully saturated rings. The molecule has 3 unspecified atom stereocenters. The highest BCUT2D eigenvalue weighted by molar-refractivity contribution is 5.22. The van der Waals surface area contributed by atoms with Gasteiger partial charge in [0.25, 0.3) is 0 Å². The van der Waals surface area contributed by atoms with Crippen LogP contribution in [0.1, 0.15) is 45.6 Å². The van der Waals surface area contributed by atoms with E-state index in [0.717, 1.165) is 30.2 Å². The van der Waals surface area contributed by atoms with Crippen LogP contribution in [0.3, 0.4) is 0 Å². The monoisotopic (exact) mass is 232 g/mol. The average Bonchev–Trinajstić information content (AvgIpc) is 2.29. The molecule has 94 valence electrons. The van der Waals surface area contributed by atoms with E-state index in [4.69, 9.17) is 0 Å². The fraction of sp³-hybridized carbons (Fsp3) is 0.625. The second-order valence-electron chi connectivity index (χ2n) is 6.13. The third-order valence-corrected chi connectivity index (χ3v) is 4.33. The average molecular weight is 232 g/mol. The third-order valence-electron chi connectivity index (χ3n) is 4.33. The molecule has 2 rings (SSSR count). The first-order chi connectivity index (χ1) is 8.00. The van der Waals surface area contributed by atoms with Crippen molar-refractivity contribution in [3.05, 3.63) is 35.9 Å². The maximum Gasteiger partial charge on any atom is 0.0896 e. The van der Waals surface area contributed by atoms with Crippen LogP contribution in [0.15, 0.2) is 30.3 Å². The van der Waals surface area contributed by atoms with E-state index in [1.54, 1.807) is 0 Å². The van der Waals surface area contributed by atoms with Crippen LogP contribution in [0.4, 0.5) is 0 Å². The Kier molecular flexibility index (Phi) is 3.58. The Morgan fingerprint density at radius 1 is 1.00 bits per heavy atom. The molecule has 0 spiro atoms. The van der Waals surface area contributed by atoms with Crippen LogP contribution in [0.5, 0.6) is 0 Å². The van der Waals surface area contributed by atoms with Crippen molar-refractivity contribution < 1.29 is 5.11 Å². The molecule has 1 heteroatoms. The summed E-state index contributed by atoms with van der Waals surface area (Å²) < 4.78 is 0. The lowest BCUT2D eigenvalue weighted by atomic mass is 9.68. The molecule has 1 aliphatic carbocycles. The molecule has 1 saturated carbocycles. The zero-order chi connectivity index (χ0) is 12.5. The smallest absolute Gasteiger partial charge is 0.0896 e. The van der Waals surface area contributed by atoms with Crippen molar-refractivity contribution in [1.82, 2.24) is 0 Å². The van der Waals surface area contributed by atoms with Gasteiger partial charge in [-0.05, 0) is 49.5 Å². The molecule has 1 aliphatic rings. The molecule has 17 heavy (non-hydrogen) atoms. The van der Waals surface area contributed by atoms with Crippen molar-refractivity contribution >= 4 is 0 Å². The number of aliphatic hydroxyl groups is 1. The van der Waals surface area contributed by atoms with E-state index >= 15 is 0 Å². The molecule has 1 N–H and O–H groups in total. The quantitative estimate of drug-likeness (QED) is 0.818. The van der Waals surface area contributed by atoms with E-state index in [-0.39, 0.29) is 0 Å². The Morgan fingerprint density at radius 2 is 1.53 bits per heavy atom. The van der Waals surface area contributed by atoms with Crippen LogP contribution in [0, 0.1) is 17.8 Å². The lowest BCUT2D eigenvalue weighted by Crippen LogP contribution is -2.37. The first-order valence-corrected chi connectivity index (χ1v) is 6.78. The molecule has 0 heterocycles. The van der Waals surface area contributed by atoms with Gasteiger partial charge in [0.05, 0.1) is 5.60 Å². The predicted octanol–water partition coefficient (Wildman–Crippen LogP) is 3.97. The zero-order valence-electron chi connectivity index (χ0n) is 11.2. The molecule has 0 aliphatic heterocycles. The molecule has 0 amide bonds. The van der Waals surface area contributed by atoms with Gasteiger partial charge in [0.2, 0.25) is 0 Å². The fourth-order valence-electron chi connectivity index (χ4n) is 3.42. The first-order valence-electron chi connectivity index (χ1n) is 6.78. The zero-order valence-corrected chi connectivity index (χ0v) is 11.2. The molecule has 0 saturated heterocycles. The van der Waals surface area contributed by atoms with Crippen molar-refractivity contribution in [2.45, 2.75) is 45.6 Å². The highest BCUT2D eigenvalue weighted by Gasteiger charge is 2.37. The van der Waals surface area contributed by atoms with Gasteiger partial charge in [-0.25, -0.2) is 0 Å². The molecule has 0 radical (unpaired) electrons. The van der Waals surface area contributed by atoms with Crippen LogP contribution < -0.4 is 0 Å². The predicted molar refractivity (Wildman–Crippen MR) is 71.7 cm³/mol. The molecule has 0 aromatic heterocycles. The number of rotatable bonds is 2. The van der Waals surface area contributed by atoms with Gasteiger partial charge in [0, 0.05) is 0 Å². The van der Waals surface area contributed by atoms with E-state index in [0.29, 0.717) is 5.92 Å². The Balaban J connectivity index is 2.20. The SMILES string of the molecule is CC1CC(C)CC(C(C)(O)c2ccccc2)C1. The van der Waals surface area contributed by atoms with Gasteiger partial charge in [-0.1, -0.05) is 44.2 Å². The topological polar surface area (TPSA) is 20.2 Å². The summed E-state index contributed by atoms with van der Waals surface area (Å²) >= 11 is 0. The Hall–Kier alpha value is -0.820. The summed E-state index contributed by atoms with van der Waals surface area (Å²) in [6, 6.07) is 10.1. The van der Waals surface area contributed by atoms with E-state index in [2.05, 4.69) is 13.8 Å². The standard InChI is InChI=1S/C16H24O/c1-12-9-13(2)11-15(10-12)16(3,17)14-7-5-4-6-8-14/h4-8,12-13,15,17H,9-11H2,1-3H3. The van der Waals surface area contributed by atoms with E-state index in [9.17, 15) is 5.11 Å². The van der Waals surface area contributed by atoms with Gasteiger partial charge in [-0.2, -0.15) is 0 Å². The highest BCUT2D eigenvalue weighted by Crippen LogP contribution is 2.42. The third kappa shape index (κ3) is 2.71. The molecule has 3 atom stereocenters. The Morgan fingerprint density at radius 3 is 2.06 bits per heavy atom. The maximum atomic E-state index is 10.8. The van der Waals surface area contributed by atoms with Gasteiger partial charge in [0.15, 0.2) is 0 Å². The van der Waals surface area contributed by atoms with Crippen molar-refractivity contribution in [2.75, 3.05) is 0 Å². The van der Waals surface area contributed by atoms with Gasteiger partial charge in [0.1, 0.15) is 0 Å². The van der Waals surface area contributed by atoms with Crippen molar-refractivity contribution in [2.24, 2.45) is 17.8 Å². The minimum Gasteiger partial charge on any atom is -0.385 e. The van der Waals surface area contributed by atoms with Gasteiger partial charge in [-0.3, -0.25) is 0 Å².